The minimum absolute atomic E-state index is 0.0454. The molecule has 0 aliphatic rings. The zero-order valence-electron chi connectivity index (χ0n) is 10.3. The van der Waals surface area contributed by atoms with E-state index < -0.39 is 17.8 Å². The Morgan fingerprint density at radius 1 is 1.14 bits per heavy atom. The van der Waals surface area contributed by atoms with Crippen molar-refractivity contribution in [3.05, 3.63) is 52.1 Å². The molecule has 0 spiro atoms. The largest absolute Gasteiger partial charge is 0.433 e. The molecule has 2 aromatic rings. The number of pyridine rings is 1. The maximum atomic E-state index is 12.7. The first-order chi connectivity index (χ1) is 9.77. The van der Waals surface area contributed by atoms with Crippen LogP contribution in [0.5, 0.6) is 0 Å². The van der Waals surface area contributed by atoms with Crippen molar-refractivity contribution in [2.24, 2.45) is 5.73 Å². The minimum atomic E-state index is -4.58. The van der Waals surface area contributed by atoms with E-state index in [0.29, 0.717) is 4.90 Å². The van der Waals surface area contributed by atoms with Gasteiger partial charge in [-0.05, 0) is 36.4 Å². The molecule has 1 aromatic heterocycles. The third-order valence-electron chi connectivity index (χ3n) is 2.44. The smallest absolute Gasteiger partial charge is 0.366 e. The molecular formula is C13H8BrF3N2OS. The number of halogens is 4. The SMILES string of the molecule is NC(=O)c1ccc(C(F)(F)F)nc1Sc1ccc(Br)cc1. The highest BCUT2D eigenvalue weighted by Crippen LogP contribution is 2.34. The van der Waals surface area contributed by atoms with Crippen molar-refractivity contribution in [1.29, 1.82) is 0 Å². The number of primary amides is 1. The fourth-order valence-corrected chi connectivity index (χ4v) is 2.66. The molecule has 0 bridgehead atoms. The van der Waals surface area contributed by atoms with Gasteiger partial charge in [0.25, 0.3) is 5.91 Å². The molecule has 1 aromatic carbocycles. The van der Waals surface area contributed by atoms with Gasteiger partial charge in [0.05, 0.1) is 5.56 Å². The van der Waals surface area contributed by atoms with Crippen LogP contribution in [0.2, 0.25) is 0 Å². The molecular weight excluding hydrogens is 369 g/mol. The Bertz CT molecular complexity index is 674. The van der Waals surface area contributed by atoms with Crippen LogP contribution in [0.25, 0.3) is 0 Å². The van der Waals surface area contributed by atoms with Crippen LogP contribution < -0.4 is 5.73 Å². The Morgan fingerprint density at radius 3 is 2.29 bits per heavy atom. The lowest BCUT2D eigenvalue weighted by Crippen LogP contribution is -2.16. The number of amides is 1. The molecule has 8 heteroatoms. The number of benzene rings is 1. The highest BCUT2D eigenvalue weighted by molar-refractivity contribution is 9.10. The minimum Gasteiger partial charge on any atom is -0.366 e. The summed E-state index contributed by atoms with van der Waals surface area (Å²) in [6.45, 7) is 0. The lowest BCUT2D eigenvalue weighted by atomic mass is 10.2. The van der Waals surface area contributed by atoms with Gasteiger partial charge < -0.3 is 5.73 Å². The quantitative estimate of drug-likeness (QED) is 0.876. The van der Waals surface area contributed by atoms with Crippen LogP contribution in [-0.4, -0.2) is 10.9 Å². The Hall–Kier alpha value is -1.54. The van der Waals surface area contributed by atoms with Gasteiger partial charge in [0.1, 0.15) is 10.7 Å². The zero-order chi connectivity index (χ0) is 15.6. The molecule has 0 aliphatic heterocycles. The van der Waals surface area contributed by atoms with Crippen molar-refractivity contribution in [1.82, 2.24) is 4.98 Å². The summed E-state index contributed by atoms with van der Waals surface area (Å²) in [7, 11) is 0. The maximum Gasteiger partial charge on any atom is 0.433 e. The van der Waals surface area contributed by atoms with E-state index >= 15 is 0 Å². The van der Waals surface area contributed by atoms with Gasteiger partial charge >= 0.3 is 6.18 Å². The molecule has 2 N–H and O–H groups in total. The first-order valence-corrected chi connectivity index (χ1v) is 7.20. The van der Waals surface area contributed by atoms with E-state index in [1.54, 1.807) is 24.3 Å². The van der Waals surface area contributed by atoms with Crippen molar-refractivity contribution < 1.29 is 18.0 Å². The van der Waals surface area contributed by atoms with Crippen molar-refractivity contribution in [2.75, 3.05) is 0 Å². The van der Waals surface area contributed by atoms with Crippen LogP contribution in [0.1, 0.15) is 16.1 Å². The highest BCUT2D eigenvalue weighted by Gasteiger charge is 2.33. The monoisotopic (exact) mass is 376 g/mol. The molecule has 0 fully saturated rings. The molecule has 0 radical (unpaired) electrons. The lowest BCUT2D eigenvalue weighted by molar-refractivity contribution is -0.141. The molecule has 0 saturated heterocycles. The third kappa shape index (κ3) is 3.98. The number of carbonyl (C=O) groups is 1. The molecule has 1 heterocycles. The topological polar surface area (TPSA) is 56.0 Å². The molecule has 0 unspecified atom stereocenters. The van der Waals surface area contributed by atoms with Gasteiger partial charge in [0, 0.05) is 9.37 Å². The number of alkyl halides is 3. The fourth-order valence-electron chi connectivity index (χ4n) is 1.48. The van der Waals surface area contributed by atoms with Gasteiger partial charge in [-0.1, -0.05) is 27.7 Å². The fraction of sp³-hybridized carbons (Fsp3) is 0.0769. The Balaban J connectivity index is 2.43. The summed E-state index contributed by atoms with van der Waals surface area (Å²) in [6.07, 6.45) is -4.58. The summed E-state index contributed by atoms with van der Waals surface area (Å²) in [5.41, 5.74) is 4.06. The van der Waals surface area contributed by atoms with Gasteiger partial charge in [-0.15, -0.1) is 0 Å². The normalized spacial score (nSPS) is 11.4. The van der Waals surface area contributed by atoms with Crippen LogP contribution in [0, 0.1) is 0 Å². The van der Waals surface area contributed by atoms with Gasteiger partial charge in [0.2, 0.25) is 0 Å². The second kappa shape index (κ2) is 6.07. The van der Waals surface area contributed by atoms with E-state index in [2.05, 4.69) is 20.9 Å². The molecule has 3 nitrogen and oxygen atoms in total. The lowest BCUT2D eigenvalue weighted by Gasteiger charge is -2.10. The zero-order valence-corrected chi connectivity index (χ0v) is 12.7. The summed E-state index contributed by atoms with van der Waals surface area (Å²) in [5, 5.41) is -0.0698. The number of carbonyl (C=O) groups excluding carboxylic acids is 1. The molecule has 0 atom stereocenters. The average Bonchev–Trinajstić information content (AvgIpc) is 2.40. The van der Waals surface area contributed by atoms with Crippen LogP contribution in [0.3, 0.4) is 0 Å². The van der Waals surface area contributed by atoms with Gasteiger partial charge in [-0.2, -0.15) is 13.2 Å². The summed E-state index contributed by atoms with van der Waals surface area (Å²) in [6, 6.07) is 8.65. The van der Waals surface area contributed by atoms with E-state index in [1.807, 2.05) is 0 Å². The van der Waals surface area contributed by atoms with Gasteiger partial charge in [-0.25, -0.2) is 4.98 Å². The second-order valence-electron chi connectivity index (χ2n) is 3.97. The highest BCUT2D eigenvalue weighted by atomic mass is 79.9. The number of hydrogen-bond donors (Lipinski definition) is 1. The van der Waals surface area contributed by atoms with E-state index in [1.165, 1.54) is 0 Å². The Kier molecular flexibility index (Phi) is 4.58. The Labute approximate surface area is 130 Å². The van der Waals surface area contributed by atoms with E-state index in [-0.39, 0.29) is 10.6 Å². The van der Waals surface area contributed by atoms with Gasteiger partial charge in [0.15, 0.2) is 0 Å². The van der Waals surface area contributed by atoms with E-state index in [4.69, 9.17) is 5.73 Å². The molecule has 0 aliphatic carbocycles. The first-order valence-electron chi connectivity index (χ1n) is 5.59. The van der Waals surface area contributed by atoms with Crippen LogP contribution in [-0.2, 0) is 6.18 Å². The number of nitrogens with zero attached hydrogens (tertiary/aromatic N) is 1. The predicted molar refractivity (Wildman–Crippen MR) is 76.0 cm³/mol. The molecule has 110 valence electrons. The summed E-state index contributed by atoms with van der Waals surface area (Å²) < 4.78 is 38.9. The standard InChI is InChI=1S/C13H8BrF3N2OS/c14-7-1-3-8(4-2-7)21-12-9(11(18)20)5-6-10(19-12)13(15,16)17/h1-6H,(H2,18,20). The summed E-state index contributed by atoms with van der Waals surface area (Å²) in [4.78, 5) is 15.5. The van der Waals surface area contributed by atoms with Crippen LogP contribution >= 0.6 is 27.7 Å². The van der Waals surface area contributed by atoms with Crippen molar-refractivity contribution in [2.45, 2.75) is 16.1 Å². The third-order valence-corrected chi connectivity index (χ3v) is 3.99. The van der Waals surface area contributed by atoms with Crippen LogP contribution in [0.4, 0.5) is 13.2 Å². The van der Waals surface area contributed by atoms with E-state index in [0.717, 1.165) is 28.4 Å². The molecule has 1 amide bonds. The maximum absolute atomic E-state index is 12.7. The summed E-state index contributed by atoms with van der Waals surface area (Å²) in [5.74, 6) is -0.823. The van der Waals surface area contributed by atoms with Crippen LogP contribution in [0.15, 0.2) is 50.8 Å². The number of aromatic nitrogens is 1. The number of rotatable bonds is 3. The van der Waals surface area contributed by atoms with E-state index in [9.17, 15) is 18.0 Å². The predicted octanol–water partition coefficient (Wildman–Crippen LogP) is 4.11. The van der Waals surface area contributed by atoms with Crippen molar-refractivity contribution in [3.63, 3.8) is 0 Å². The molecule has 21 heavy (non-hydrogen) atoms. The Morgan fingerprint density at radius 2 is 1.76 bits per heavy atom. The summed E-state index contributed by atoms with van der Waals surface area (Å²) >= 11 is 4.21. The van der Waals surface area contributed by atoms with Gasteiger partial charge in [-0.3, -0.25) is 4.79 Å². The van der Waals surface area contributed by atoms with Crippen molar-refractivity contribution in [3.8, 4) is 0 Å². The number of nitrogens with two attached hydrogens (primary N) is 1. The first kappa shape index (κ1) is 15.8. The molecule has 2 rings (SSSR count). The van der Waals surface area contributed by atoms with Crippen molar-refractivity contribution >= 4 is 33.6 Å². The molecule has 0 saturated carbocycles. The second-order valence-corrected chi connectivity index (χ2v) is 5.95. The number of hydrogen-bond acceptors (Lipinski definition) is 3. The average molecular weight is 377 g/mol.